The van der Waals surface area contributed by atoms with Crippen LogP contribution in [0.3, 0.4) is 0 Å². The van der Waals surface area contributed by atoms with E-state index in [1.165, 1.54) is 24.8 Å². The Morgan fingerprint density at radius 2 is 2.05 bits per heavy atom. The molecule has 0 spiro atoms. The summed E-state index contributed by atoms with van der Waals surface area (Å²) in [7, 11) is 1.71. The van der Waals surface area contributed by atoms with Crippen molar-refractivity contribution >= 4 is 11.8 Å². The maximum absolute atomic E-state index is 5.23. The second kappa shape index (κ2) is 7.20. The second-order valence-corrected chi connectivity index (χ2v) is 6.29. The third-order valence-electron chi connectivity index (χ3n) is 4.10. The maximum atomic E-state index is 5.23. The van der Waals surface area contributed by atoms with Gasteiger partial charge < -0.3 is 10.1 Å². The molecule has 0 saturated heterocycles. The fourth-order valence-electron chi connectivity index (χ4n) is 2.94. The van der Waals surface area contributed by atoms with Gasteiger partial charge >= 0.3 is 0 Å². The zero-order valence-electron chi connectivity index (χ0n) is 12.2. The summed E-state index contributed by atoms with van der Waals surface area (Å²) in [5.41, 5.74) is 1.37. The first kappa shape index (κ1) is 14.7. The first-order chi connectivity index (χ1) is 9.28. The zero-order chi connectivity index (χ0) is 13.7. The van der Waals surface area contributed by atoms with Crippen molar-refractivity contribution in [1.82, 2.24) is 5.32 Å². The molecule has 0 bridgehead atoms. The highest BCUT2D eigenvalue weighted by Crippen LogP contribution is 2.31. The Balaban J connectivity index is 2.02. The molecule has 0 aliphatic heterocycles. The quantitative estimate of drug-likeness (QED) is 0.850. The van der Waals surface area contributed by atoms with Crippen LogP contribution in [-0.2, 0) is 0 Å². The molecule has 0 aromatic heterocycles. The van der Waals surface area contributed by atoms with Gasteiger partial charge in [0, 0.05) is 17.3 Å². The normalized spacial score (nSPS) is 24.4. The fourth-order valence-corrected chi connectivity index (χ4v) is 3.89. The lowest BCUT2D eigenvalue weighted by Crippen LogP contribution is -2.36. The summed E-state index contributed by atoms with van der Waals surface area (Å²) in [5, 5.41) is 4.64. The number of ether oxygens (including phenoxy) is 1. The van der Waals surface area contributed by atoms with Crippen LogP contribution >= 0.6 is 11.8 Å². The number of thioether (sulfide) groups is 1. The van der Waals surface area contributed by atoms with Gasteiger partial charge in [-0.15, -0.1) is 0 Å². The summed E-state index contributed by atoms with van der Waals surface area (Å²) >= 11 is 2.01. The van der Waals surface area contributed by atoms with Crippen LogP contribution in [0.15, 0.2) is 24.3 Å². The second-order valence-electron chi connectivity index (χ2n) is 5.21. The molecule has 3 atom stereocenters. The minimum absolute atomic E-state index is 0.462. The van der Waals surface area contributed by atoms with Crippen molar-refractivity contribution < 1.29 is 4.74 Å². The molecular weight excluding hydrogens is 254 g/mol. The Kier molecular flexibility index (Phi) is 5.59. The molecule has 1 N–H and O–H groups in total. The number of hydrogen-bond donors (Lipinski definition) is 1. The van der Waals surface area contributed by atoms with E-state index in [0.717, 1.165) is 17.4 Å². The standard InChI is InChI=1S/C16H25NOS/c1-4-14(12-8-10-13(18-2)11-9-12)17-15-6-5-7-16(15)19-3/h8-11,14-17H,4-7H2,1-3H3. The van der Waals surface area contributed by atoms with Crippen LogP contribution in [0.2, 0.25) is 0 Å². The van der Waals surface area contributed by atoms with E-state index in [1.807, 2.05) is 11.8 Å². The Morgan fingerprint density at radius 1 is 1.32 bits per heavy atom. The zero-order valence-corrected chi connectivity index (χ0v) is 13.0. The van der Waals surface area contributed by atoms with E-state index in [-0.39, 0.29) is 0 Å². The van der Waals surface area contributed by atoms with Gasteiger partial charge in [-0.1, -0.05) is 25.5 Å². The molecule has 19 heavy (non-hydrogen) atoms. The summed E-state index contributed by atoms with van der Waals surface area (Å²) in [6, 6.07) is 9.61. The molecule has 0 heterocycles. The van der Waals surface area contributed by atoms with Crippen molar-refractivity contribution in [3.05, 3.63) is 29.8 Å². The van der Waals surface area contributed by atoms with Crippen molar-refractivity contribution in [2.24, 2.45) is 0 Å². The minimum atomic E-state index is 0.462. The van der Waals surface area contributed by atoms with Gasteiger partial charge in [0.1, 0.15) is 5.75 Å². The number of benzene rings is 1. The highest BCUT2D eigenvalue weighted by atomic mass is 32.2. The van der Waals surface area contributed by atoms with E-state index in [2.05, 4.69) is 42.8 Å². The van der Waals surface area contributed by atoms with E-state index >= 15 is 0 Å². The predicted molar refractivity (Wildman–Crippen MR) is 84.1 cm³/mol. The van der Waals surface area contributed by atoms with Gasteiger partial charge in [0.2, 0.25) is 0 Å². The molecule has 0 radical (unpaired) electrons. The molecule has 106 valence electrons. The molecule has 1 aromatic carbocycles. The molecule has 3 heteroatoms. The van der Waals surface area contributed by atoms with E-state index in [1.54, 1.807) is 7.11 Å². The van der Waals surface area contributed by atoms with Crippen LogP contribution in [0.4, 0.5) is 0 Å². The number of rotatable bonds is 6. The van der Waals surface area contributed by atoms with Crippen LogP contribution < -0.4 is 10.1 Å². The topological polar surface area (TPSA) is 21.3 Å². The summed E-state index contributed by atoms with van der Waals surface area (Å²) in [6.07, 6.45) is 7.40. The maximum Gasteiger partial charge on any atom is 0.118 e. The highest BCUT2D eigenvalue weighted by Gasteiger charge is 2.28. The monoisotopic (exact) mass is 279 g/mol. The summed E-state index contributed by atoms with van der Waals surface area (Å²) in [6.45, 7) is 2.25. The number of nitrogens with one attached hydrogen (secondary N) is 1. The third kappa shape index (κ3) is 3.67. The molecule has 1 aliphatic rings. The lowest BCUT2D eigenvalue weighted by Gasteiger charge is -2.26. The molecule has 0 amide bonds. The molecular formula is C16H25NOS. The van der Waals surface area contributed by atoms with Crippen LogP contribution in [0, 0.1) is 0 Å². The Labute approximate surface area is 121 Å². The molecule has 1 fully saturated rings. The van der Waals surface area contributed by atoms with Gasteiger partial charge in [0.25, 0.3) is 0 Å². The van der Waals surface area contributed by atoms with Gasteiger partial charge in [-0.05, 0) is 43.2 Å². The van der Waals surface area contributed by atoms with E-state index < -0.39 is 0 Å². The molecule has 1 saturated carbocycles. The molecule has 1 aliphatic carbocycles. The lowest BCUT2D eigenvalue weighted by molar-refractivity contribution is 0.412. The van der Waals surface area contributed by atoms with Crippen LogP contribution in [-0.4, -0.2) is 24.7 Å². The summed E-state index contributed by atoms with van der Waals surface area (Å²) in [4.78, 5) is 0. The van der Waals surface area contributed by atoms with Gasteiger partial charge in [-0.25, -0.2) is 0 Å². The predicted octanol–water partition coefficient (Wildman–Crippen LogP) is 4.02. The van der Waals surface area contributed by atoms with Crippen molar-refractivity contribution in [2.75, 3.05) is 13.4 Å². The van der Waals surface area contributed by atoms with Gasteiger partial charge in [0.05, 0.1) is 7.11 Å². The van der Waals surface area contributed by atoms with Crippen LogP contribution in [0.25, 0.3) is 0 Å². The molecule has 1 aromatic rings. The lowest BCUT2D eigenvalue weighted by atomic mass is 10.0. The first-order valence-corrected chi connectivity index (χ1v) is 8.50. The largest absolute Gasteiger partial charge is 0.497 e. The van der Waals surface area contributed by atoms with Gasteiger partial charge in [0.15, 0.2) is 0 Å². The van der Waals surface area contributed by atoms with Crippen molar-refractivity contribution in [1.29, 1.82) is 0 Å². The molecule has 3 unspecified atom stereocenters. The van der Waals surface area contributed by atoms with Crippen molar-refractivity contribution in [3.8, 4) is 5.75 Å². The van der Waals surface area contributed by atoms with E-state index in [4.69, 9.17) is 4.74 Å². The van der Waals surface area contributed by atoms with Gasteiger partial charge in [-0.3, -0.25) is 0 Å². The SMILES string of the molecule is CCC(NC1CCCC1SC)c1ccc(OC)cc1. The Bertz CT molecular complexity index is 379. The highest BCUT2D eigenvalue weighted by molar-refractivity contribution is 7.99. The first-order valence-electron chi connectivity index (χ1n) is 7.21. The summed E-state index contributed by atoms with van der Waals surface area (Å²) < 4.78 is 5.23. The van der Waals surface area contributed by atoms with Gasteiger partial charge in [-0.2, -0.15) is 11.8 Å². The number of hydrogen-bond acceptors (Lipinski definition) is 3. The van der Waals surface area contributed by atoms with E-state index in [0.29, 0.717) is 12.1 Å². The van der Waals surface area contributed by atoms with Crippen LogP contribution in [0.5, 0.6) is 5.75 Å². The summed E-state index contributed by atoms with van der Waals surface area (Å²) in [5.74, 6) is 0.932. The Hall–Kier alpha value is -0.670. The number of methoxy groups -OCH3 is 1. The van der Waals surface area contributed by atoms with Crippen molar-refractivity contribution in [2.45, 2.75) is 49.9 Å². The Morgan fingerprint density at radius 3 is 2.63 bits per heavy atom. The molecule has 2 rings (SSSR count). The molecule has 2 nitrogen and oxygen atoms in total. The average molecular weight is 279 g/mol. The minimum Gasteiger partial charge on any atom is -0.497 e. The fraction of sp³-hybridized carbons (Fsp3) is 0.625. The smallest absolute Gasteiger partial charge is 0.118 e. The van der Waals surface area contributed by atoms with E-state index in [9.17, 15) is 0 Å². The van der Waals surface area contributed by atoms with Crippen LogP contribution in [0.1, 0.15) is 44.2 Å². The van der Waals surface area contributed by atoms with Crippen molar-refractivity contribution in [3.63, 3.8) is 0 Å². The average Bonchev–Trinajstić information content (AvgIpc) is 2.92. The third-order valence-corrected chi connectivity index (χ3v) is 5.27.